The summed E-state index contributed by atoms with van der Waals surface area (Å²) in [5.41, 5.74) is 2.93. The van der Waals surface area contributed by atoms with E-state index in [9.17, 15) is 9.59 Å². The van der Waals surface area contributed by atoms with Crippen LogP contribution < -0.4 is 14.8 Å². The highest BCUT2D eigenvalue weighted by molar-refractivity contribution is 6.65. The molecule has 0 heterocycles. The van der Waals surface area contributed by atoms with E-state index in [1.807, 2.05) is 6.82 Å². The van der Waals surface area contributed by atoms with Gasteiger partial charge in [-0.3, -0.25) is 4.79 Å². The molecule has 3 aromatic carbocycles. The second-order valence-electron chi connectivity index (χ2n) is 8.50. The van der Waals surface area contributed by atoms with Crippen molar-refractivity contribution in [1.29, 1.82) is 5.26 Å². The predicted molar refractivity (Wildman–Crippen MR) is 140 cm³/mol. The molecule has 0 radical (unpaired) electrons. The van der Waals surface area contributed by atoms with Gasteiger partial charge in [0.1, 0.15) is 11.6 Å². The summed E-state index contributed by atoms with van der Waals surface area (Å²) >= 11 is 0. The first-order valence-electron chi connectivity index (χ1n) is 11.8. The van der Waals surface area contributed by atoms with Gasteiger partial charge in [-0.15, -0.1) is 0 Å². The topological polar surface area (TPSA) is 97.7 Å². The Bertz CT molecular complexity index is 1320. The molecule has 3 rings (SSSR count). The summed E-state index contributed by atoms with van der Waals surface area (Å²) in [6, 6.07) is 14.4. The average Bonchev–Trinajstić information content (AvgIpc) is 2.92. The number of hydrogen-bond acceptors (Lipinski definition) is 6. The molecule has 0 aliphatic rings. The van der Waals surface area contributed by atoms with Crippen LogP contribution in [0.1, 0.15) is 21.5 Å². The SMILES string of the molecule is CNC(=O)Cc1cc(Oc2ccc(-c3ccc(C(=O)OC)cc3)c(F)c2)c(OC)cc1CCB(C)C#N. The van der Waals surface area contributed by atoms with Crippen LogP contribution >= 0.6 is 0 Å². The minimum absolute atomic E-state index is 0.127. The van der Waals surface area contributed by atoms with Gasteiger partial charge in [0.2, 0.25) is 5.91 Å². The number of halogens is 1. The van der Waals surface area contributed by atoms with Gasteiger partial charge in [-0.25, -0.2) is 14.4 Å². The molecule has 1 amide bonds. The van der Waals surface area contributed by atoms with Crippen LogP contribution in [-0.2, 0) is 22.4 Å². The molecule has 0 unspecified atom stereocenters. The predicted octanol–water partition coefficient (Wildman–Crippen LogP) is 5.10. The van der Waals surface area contributed by atoms with Gasteiger partial charge in [-0.2, -0.15) is 0 Å². The van der Waals surface area contributed by atoms with E-state index in [1.54, 1.807) is 55.6 Å². The number of aryl methyl sites for hydroxylation is 1. The van der Waals surface area contributed by atoms with E-state index in [-0.39, 0.29) is 24.8 Å². The Hall–Kier alpha value is -4.32. The van der Waals surface area contributed by atoms with Gasteiger partial charge in [0.05, 0.1) is 26.2 Å². The van der Waals surface area contributed by atoms with E-state index in [4.69, 9.17) is 19.5 Å². The Balaban J connectivity index is 1.90. The number of likely N-dealkylation sites (N-methyl/N-ethyl adjacent to an activating group) is 1. The monoisotopic (exact) mass is 502 g/mol. The summed E-state index contributed by atoms with van der Waals surface area (Å²) in [7, 11) is 4.37. The van der Waals surface area contributed by atoms with Crippen molar-refractivity contribution in [2.24, 2.45) is 0 Å². The Morgan fingerprint density at radius 1 is 1.03 bits per heavy atom. The number of carbonyl (C=O) groups is 2. The van der Waals surface area contributed by atoms with E-state index in [1.165, 1.54) is 20.3 Å². The van der Waals surface area contributed by atoms with Crippen LogP contribution in [-0.4, -0.2) is 39.9 Å². The van der Waals surface area contributed by atoms with Gasteiger partial charge < -0.3 is 19.5 Å². The Kier molecular flexibility index (Phi) is 9.28. The second kappa shape index (κ2) is 12.6. The zero-order valence-electron chi connectivity index (χ0n) is 21.3. The van der Waals surface area contributed by atoms with Crippen molar-refractivity contribution in [3.8, 4) is 34.3 Å². The molecule has 0 aliphatic carbocycles. The number of amides is 1. The quantitative estimate of drug-likeness (QED) is 0.306. The maximum atomic E-state index is 15.0. The van der Waals surface area contributed by atoms with Crippen molar-refractivity contribution >= 4 is 18.6 Å². The second-order valence-corrected chi connectivity index (χ2v) is 8.50. The van der Waals surface area contributed by atoms with Crippen molar-refractivity contribution in [1.82, 2.24) is 5.32 Å². The first kappa shape index (κ1) is 27.3. The summed E-state index contributed by atoms with van der Waals surface area (Å²) in [5.74, 6) is 2.11. The first-order valence-corrected chi connectivity index (χ1v) is 11.8. The standard InChI is InChI=1S/C28H28BFN2O5/c1-29(17-31)12-11-20-13-25(35-3)26(14-21(20)15-27(33)32-2)37-22-9-10-23(24(30)16-22)18-5-7-19(8-6-18)28(34)36-4/h5-10,13-14,16H,11-12,15H2,1-4H3,(H,32,33). The average molecular weight is 502 g/mol. The fraction of sp³-hybridized carbons (Fsp3) is 0.250. The highest BCUT2D eigenvalue weighted by Gasteiger charge is 2.17. The number of ether oxygens (including phenoxy) is 3. The largest absolute Gasteiger partial charge is 0.493 e. The lowest BCUT2D eigenvalue weighted by atomic mass is 9.50. The molecule has 190 valence electrons. The van der Waals surface area contributed by atoms with Crippen LogP contribution in [0.3, 0.4) is 0 Å². The minimum Gasteiger partial charge on any atom is -0.493 e. The van der Waals surface area contributed by atoms with Crippen LogP contribution in [0.2, 0.25) is 13.1 Å². The summed E-state index contributed by atoms with van der Waals surface area (Å²) in [4.78, 5) is 23.8. The Labute approximate surface area is 216 Å². The first-order chi connectivity index (χ1) is 17.8. The van der Waals surface area contributed by atoms with Crippen molar-refractivity contribution in [2.45, 2.75) is 26.0 Å². The van der Waals surface area contributed by atoms with Crippen molar-refractivity contribution in [3.05, 3.63) is 77.1 Å². The molecule has 0 spiro atoms. The molecule has 0 saturated carbocycles. The lowest BCUT2D eigenvalue weighted by Gasteiger charge is -2.17. The van der Waals surface area contributed by atoms with Gasteiger partial charge in [0.25, 0.3) is 6.71 Å². The van der Waals surface area contributed by atoms with Crippen molar-refractivity contribution in [3.63, 3.8) is 0 Å². The number of hydrogen-bond donors (Lipinski definition) is 1. The van der Waals surface area contributed by atoms with E-state index in [2.05, 4.69) is 11.3 Å². The van der Waals surface area contributed by atoms with Crippen LogP contribution in [0.25, 0.3) is 11.1 Å². The summed E-state index contributed by atoms with van der Waals surface area (Å²) in [6.07, 6.45) is 1.35. The zero-order valence-corrected chi connectivity index (χ0v) is 21.3. The van der Waals surface area contributed by atoms with Crippen LogP contribution in [0.4, 0.5) is 4.39 Å². The normalized spacial score (nSPS) is 10.3. The number of methoxy groups -OCH3 is 2. The molecule has 9 heteroatoms. The highest BCUT2D eigenvalue weighted by Crippen LogP contribution is 2.36. The number of nitrogens with one attached hydrogen (secondary N) is 1. The Morgan fingerprint density at radius 3 is 2.32 bits per heavy atom. The molecular formula is C28H28BFN2O5. The maximum Gasteiger partial charge on any atom is 0.337 e. The third-order valence-electron chi connectivity index (χ3n) is 5.97. The number of carbonyl (C=O) groups excluding carboxylic acids is 2. The number of benzene rings is 3. The highest BCUT2D eigenvalue weighted by atomic mass is 19.1. The van der Waals surface area contributed by atoms with E-state index in [0.29, 0.717) is 40.9 Å². The van der Waals surface area contributed by atoms with Crippen LogP contribution in [0.5, 0.6) is 17.2 Å². The van der Waals surface area contributed by atoms with Crippen molar-refractivity contribution < 1.29 is 28.2 Å². The van der Waals surface area contributed by atoms with Gasteiger partial charge in [0, 0.05) is 24.6 Å². The smallest absolute Gasteiger partial charge is 0.337 e. The fourth-order valence-electron chi connectivity index (χ4n) is 3.80. The minimum atomic E-state index is -0.505. The summed E-state index contributed by atoms with van der Waals surface area (Å²) < 4.78 is 31.2. The van der Waals surface area contributed by atoms with Gasteiger partial charge in [0.15, 0.2) is 11.5 Å². The molecule has 0 aliphatic heterocycles. The fourth-order valence-corrected chi connectivity index (χ4v) is 3.80. The Morgan fingerprint density at radius 2 is 1.73 bits per heavy atom. The van der Waals surface area contributed by atoms with Crippen LogP contribution in [0, 0.1) is 17.0 Å². The molecule has 0 fully saturated rings. The molecule has 1 N–H and O–H groups in total. The van der Waals surface area contributed by atoms with Crippen molar-refractivity contribution in [2.75, 3.05) is 21.3 Å². The maximum absolute atomic E-state index is 15.0. The lowest BCUT2D eigenvalue weighted by molar-refractivity contribution is -0.119. The zero-order chi connectivity index (χ0) is 26.9. The van der Waals surface area contributed by atoms with E-state index < -0.39 is 11.8 Å². The molecular weight excluding hydrogens is 474 g/mol. The number of esters is 1. The van der Waals surface area contributed by atoms with Gasteiger partial charge in [-0.1, -0.05) is 25.3 Å². The number of rotatable bonds is 10. The third kappa shape index (κ3) is 6.88. The van der Waals surface area contributed by atoms with E-state index in [0.717, 1.165) is 11.1 Å². The van der Waals surface area contributed by atoms with E-state index >= 15 is 4.39 Å². The summed E-state index contributed by atoms with van der Waals surface area (Å²) in [5, 5.41) is 11.7. The van der Waals surface area contributed by atoms with Gasteiger partial charge >= 0.3 is 5.97 Å². The number of nitrogens with zero attached hydrogens (tertiary/aromatic N) is 1. The molecule has 37 heavy (non-hydrogen) atoms. The molecule has 0 bridgehead atoms. The molecule has 0 saturated heterocycles. The third-order valence-corrected chi connectivity index (χ3v) is 5.97. The lowest BCUT2D eigenvalue weighted by Crippen LogP contribution is -2.21. The number of nitriles is 1. The molecule has 7 nitrogen and oxygen atoms in total. The van der Waals surface area contributed by atoms with Gasteiger partial charge in [-0.05, 0) is 59.5 Å². The van der Waals surface area contributed by atoms with Crippen LogP contribution in [0.15, 0.2) is 54.6 Å². The molecule has 3 aromatic rings. The molecule has 0 aromatic heterocycles. The summed E-state index contributed by atoms with van der Waals surface area (Å²) in [6.45, 7) is 1.71. The molecule has 0 atom stereocenters.